The SMILES string of the molecule is O=C(Nc1ccc(Cc2cccc(Cl)c2)cn1)N1CCn2nccc2C1. The van der Waals surface area contributed by atoms with Crippen LogP contribution in [0.2, 0.25) is 5.02 Å². The van der Waals surface area contributed by atoms with Crippen molar-refractivity contribution in [2.45, 2.75) is 19.5 Å². The van der Waals surface area contributed by atoms with Gasteiger partial charge in [0.15, 0.2) is 0 Å². The van der Waals surface area contributed by atoms with Crippen molar-refractivity contribution >= 4 is 23.4 Å². The zero-order chi connectivity index (χ0) is 17.9. The first kappa shape index (κ1) is 16.6. The molecule has 2 aromatic heterocycles. The van der Waals surface area contributed by atoms with E-state index in [-0.39, 0.29) is 6.03 Å². The molecule has 0 radical (unpaired) electrons. The number of anilines is 1. The number of rotatable bonds is 3. The lowest BCUT2D eigenvalue weighted by atomic mass is 10.1. The molecule has 0 atom stereocenters. The van der Waals surface area contributed by atoms with Gasteiger partial charge in [-0.2, -0.15) is 5.10 Å². The second kappa shape index (κ2) is 7.17. The van der Waals surface area contributed by atoms with E-state index >= 15 is 0 Å². The van der Waals surface area contributed by atoms with E-state index in [0.29, 0.717) is 25.5 Å². The molecule has 132 valence electrons. The Labute approximate surface area is 156 Å². The maximum Gasteiger partial charge on any atom is 0.323 e. The van der Waals surface area contributed by atoms with E-state index < -0.39 is 0 Å². The second-order valence-electron chi connectivity index (χ2n) is 6.26. The van der Waals surface area contributed by atoms with Crippen molar-refractivity contribution in [2.75, 3.05) is 11.9 Å². The fourth-order valence-corrected chi connectivity index (χ4v) is 3.25. The highest BCUT2D eigenvalue weighted by Gasteiger charge is 2.21. The van der Waals surface area contributed by atoms with Crippen LogP contribution in [-0.2, 0) is 19.5 Å². The Morgan fingerprint density at radius 3 is 2.88 bits per heavy atom. The number of amides is 2. The molecule has 1 aromatic carbocycles. The molecule has 0 unspecified atom stereocenters. The van der Waals surface area contributed by atoms with Crippen molar-refractivity contribution in [1.82, 2.24) is 19.7 Å². The average molecular weight is 368 g/mol. The molecule has 3 heterocycles. The third-order valence-electron chi connectivity index (χ3n) is 4.38. The van der Waals surface area contributed by atoms with Crippen molar-refractivity contribution in [3.05, 3.63) is 76.7 Å². The number of urea groups is 1. The van der Waals surface area contributed by atoms with E-state index in [4.69, 9.17) is 11.6 Å². The number of pyridine rings is 1. The summed E-state index contributed by atoms with van der Waals surface area (Å²) in [7, 11) is 0. The molecule has 2 amide bonds. The van der Waals surface area contributed by atoms with E-state index in [1.165, 1.54) is 0 Å². The molecule has 3 aromatic rings. The Morgan fingerprint density at radius 2 is 2.08 bits per heavy atom. The molecule has 26 heavy (non-hydrogen) atoms. The lowest BCUT2D eigenvalue weighted by Crippen LogP contribution is -2.41. The monoisotopic (exact) mass is 367 g/mol. The van der Waals surface area contributed by atoms with Crippen LogP contribution in [0.15, 0.2) is 54.9 Å². The molecule has 0 fully saturated rings. The van der Waals surface area contributed by atoms with Gasteiger partial charge in [-0.3, -0.25) is 10.00 Å². The number of benzene rings is 1. The number of aromatic nitrogens is 3. The highest BCUT2D eigenvalue weighted by molar-refractivity contribution is 6.30. The van der Waals surface area contributed by atoms with Crippen LogP contribution in [0.25, 0.3) is 0 Å². The van der Waals surface area contributed by atoms with Gasteiger partial charge in [-0.15, -0.1) is 0 Å². The van der Waals surface area contributed by atoms with Crippen molar-refractivity contribution in [3.63, 3.8) is 0 Å². The normalized spacial score (nSPS) is 13.3. The van der Waals surface area contributed by atoms with Gasteiger partial charge in [0.1, 0.15) is 5.82 Å². The Hall–Kier alpha value is -2.86. The van der Waals surface area contributed by atoms with Crippen molar-refractivity contribution in [2.24, 2.45) is 0 Å². The summed E-state index contributed by atoms with van der Waals surface area (Å²) >= 11 is 6.02. The van der Waals surface area contributed by atoms with Crippen LogP contribution in [-0.4, -0.2) is 32.2 Å². The van der Waals surface area contributed by atoms with Gasteiger partial charge in [0, 0.05) is 24.0 Å². The van der Waals surface area contributed by atoms with Gasteiger partial charge in [0.05, 0.1) is 18.8 Å². The maximum atomic E-state index is 12.4. The molecule has 0 bridgehead atoms. The molecule has 0 saturated heterocycles. The fourth-order valence-electron chi connectivity index (χ4n) is 3.03. The topological polar surface area (TPSA) is 63.1 Å². The van der Waals surface area contributed by atoms with Crippen LogP contribution in [0.5, 0.6) is 0 Å². The highest BCUT2D eigenvalue weighted by atomic mass is 35.5. The summed E-state index contributed by atoms with van der Waals surface area (Å²) in [5.41, 5.74) is 3.23. The Balaban J connectivity index is 1.37. The number of hydrogen-bond acceptors (Lipinski definition) is 3. The zero-order valence-electron chi connectivity index (χ0n) is 14.1. The van der Waals surface area contributed by atoms with Gasteiger partial charge in [0.2, 0.25) is 0 Å². The van der Waals surface area contributed by atoms with Gasteiger partial charge in [-0.25, -0.2) is 9.78 Å². The first-order chi connectivity index (χ1) is 12.7. The minimum atomic E-state index is -0.146. The predicted molar refractivity (Wildman–Crippen MR) is 100 cm³/mol. The number of fused-ring (bicyclic) bond motifs is 1. The van der Waals surface area contributed by atoms with E-state index in [9.17, 15) is 4.79 Å². The van der Waals surface area contributed by atoms with Crippen molar-refractivity contribution < 1.29 is 4.79 Å². The first-order valence-electron chi connectivity index (χ1n) is 8.43. The molecule has 1 aliphatic heterocycles. The number of halogens is 1. The molecule has 6 nitrogen and oxygen atoms in total. The zero-order valence-corrected chi connectivity index (χ0v) is 14.9. The molecule has 1 N–H and O–H groups in total. The number of carbonyl (C=O) groups excluding carboxylic acids is 1. The number of nitrogens with zero attached hydrogens (tertiary/aromatic N) is 4. The van der Waals surface area contributed by atoms with E-state index in [1.54, 1.807) is 17.3 Å². The molecule has 1 aliphatic rings. The molecule has 4 rings (SSSR count). The lowest BCUT2D eigenvalue weighted by molar-refractivity contribution is 0.194. The predicted octanol–water partition coefficient (Wildman–Crippen LogP) is 3.57. The van der Waals surface area contributed by atoms with Crippen LogP contribution in [0.1, 0.15) is 16.8 Å². The average Bonchev–Trinajstić information content (AvgIpc) is 3.11. The van der Waals surface area contributed by atoms with E-state index in [2.05, 4.69) is 15.4 Å². The molecule has 0 spiro atoms. The standard InChI is InChI=1S/C19H18ClN5O/c20-16-3-1-2-14(11-16)10-15-4-5-18(21-12-15)23-19(26)24-8-9-25-17(13-24)6-7-22-25/h1-7,11-12H,8-10,13H2,(H,21,23,26). The molecule has 0 aliphatic carbocycles. The van der Waals surface area contributed by atoms with Gasteiger partial charge in [0.25, 0.3) is 0 Å². The summed E-state index contributed by atoms with van der Waals surface area (Å²) in [5.74, 6) is 0.545. The van der Waals surface area contributed by atoms with Gasteiger partial charge in [-0.05, 0) is 41.8 Å². The summed E-state index contributed by atoms with van der Waals surface area (Å²) in [6.07, 6.45) is 4.29. The quantitative estimate of drug-likeness (QED) is 0.769. The summed E-state index contributed by atoms with van der Waals surface area (Å²) in [6.45, 7) is 1.90. The maximum absolute atomic E-state index is 12.4. The van der Waals surface area contributed by atoms with Crippen LogP contribution in [0.3, 0.4) is 0 Å². The van der Waals surface area contributed by atoms with Crippen molar-refractivity contribution in [3.8, 4) is 0 Å². The fraction of sp³-hybridized carbons (Fsp3) is 0.211. The Morgan fingerprint density at radius 1 is 1.15 bits per heavy atom. The summed E-state index contributed by atoms with van der Waals surface area (Å²) in [4.78, 5) is 18.6. The second-order valence-corrected chi connectivity index (χ2v) is 6.69. The minimum absolute atomic E-state index is 0.146. The number of nitrogens with one attached hydrogen (secondary N) is 1. The molecular formula is C19H18ClN5O. The van der Waals surface area contributed by atoms with E-state index in [0.717, 1.165) is 28.3 Å². The smallest absolute Gasteiger partial charge is 0.317 e. The lowest BCUT2D eigenvalue weighted by Gasteiger charge is -2.27. The van der Waals surface area contributed by atoms with E-state index in [1.807, 2.05) is 47.1 Å². The molecule has 7 heteroatoms. The third-order valence-corrected chi connectivity index (χ3v) is 4.62. The minimum Gasteiger partial charge on any atom is -0.317 e. The third kappa shape index (κ3) is 3.70. The van der Waals surface area contributed by atoms with Gasteiger partial charge >= 0.3 is 6.03 Å². The Kier molecular flexibility index (Phi) is 4.58. The van der Waals surface area contributed by atoms with Crippen LogP contribution >= 0.6 is 11.6 Å². The summed E-state index contributed by atoms with van der Waals surface area (Å²) in [6, 6.07) is 13.3. The van der Waals surface area contributed by atoms with Crippen molar-refractivity contribution in [1.29, 1.82) is 0 Å². The summed E-state index contributed by atoms with van der Waals surface area (Å²) < 4.78 is 1.92. The van der Waals surface area contributed by atoms with Crippen LogP contribution in [0.4, 0.5) is 10.6 Å². The summed E-state index contributed by atoms with van der Waals surface area (Å²) in [5, 5.41) is 7.81. The Bertz CT molecular complexity index is 922. The molecule has 0 saturated carbocycles. The van der Waals surface area contributed by atoms with Crippen LogP contribution in [0, 0.1) is 0 Å². The highest BCUT2D eigenvalue weighted by Crippen LogP contribution is 2.16. The van der Waals surface area contributed by atoms with Gasteiger partial charge in [-0.1, -0.05) is 29.8 Å². The van der Waals surface area contributed by atoms with Crippen LogP contribution < -0.4 is 5.32 Å². The van der Waals surface area contributed by atoms with Gasteiger partial charge < -0.3 is 4.90 Å². The number of hydrogen-bond donors (Lipinski definition) is 1. The largest absolute Gasteiger partial charge is 0.323 e. The number of carbonyl (C=O) groups is 1. The molecular weight excluding hydrogens is 350 g/mol. The first-order valence-corrected chi connectivity index (χ1v) is 8.81.